The van der Waals surface area contributed by atoms with E-state index in [0.717, 1.165) is 11.3 Å². The van der Waals surface area contributed by atoms with Gasteiger partial charge in [0.05, 0.1) is 30.5 Å². The Balaban J connectivity index is 1.53. The van der Waals surface area contributed by atoms with Gasteiger partial charge in [0, 0.05) is 44.8 Å². The Bertz CT molecular complexity index is 1390. The molecule has 0 unspecified atom stereocenters. The molecule has 3 aromatic rings. The number of carbonyl (C=O) groups is 1. The largest absolute Gasteiger partial charge is 0.478 e. The highest BCUT2D eigenvalue weighted by molar-refractivity contribution is 7.91. The Morgan fingerprint density at radius 3 is 2.72 bits per heavy atom. The van der Waals surface area contributed by atoms with E-state index in [1.807, 2.05) is 0 Å². The van der Waals surface area contributed by atoms with Gasteiger partial charge in [-0.15, -0.1) is 0 Å². The molecule has 1 saturated heterocycles. The lowest BCUT2D eigenvalue weighted by molar-refractivity contribution is -0.110. The maximum absolute atomic E-state index is 13.3. The van der Waals surface area contributed by atoms with Crippen LogP contribution in [-0.2, 0) is 28.9 Å². The van der Waals surface area contributed by atoms with Crippen molar-refractivity contribution in [2.45, 2.75) is 30.3 Å². The van der Waals surface area contributed by atoms with Crippen LogP contribution in [0.4, 0.5) is 5.13 Å². The molecule has 1 aromatic carbocycles. The van der Waals surface area contributed by atoms with Gasteiger partial charge < -0.3 is 24.2 Å². The molecule has 4 rings (SSSR count). The third kappa shape index (κ3) is 7.92. The van der Waals surface area contributed by atoms with E-state index in [1.165, 1.54) is 31.4 Å². The summed E-state index contributed by atoms with van der Waals surface area (Å²) in [6, 6.07) is 9.32. The summed E-state index contributed by atoms with van der Waals surface area (Å²) in [6.45, 7) is 1.60. The zero-order valence-corrected chi connectivity index (χ0v) is 23.0. The lowest BCUT2D eigenvalue weighted by Crippen LogP contribution is -2.25. The second kappa shape index (κ2) is 13.8. The number of thiazole rings is 1. The number of aliphatic hydroxyl groups is 1. The minimum Gasteiger partial charge on any atom is -0.478 e. The molecule has 0 bridgehead atoms. The fourth-order valence-electron chi connectivity index (χ4n) is 3.61. The molecule has 0 spiro atoms. The first-order valence-corrected chi connectivity index (χ1v) is 14.8. The number of hydrogen-bond acceptors (Lipinski definition) is 12. The van der Waals surface area contributed by atoms with Crippen LogP contribution in [0.1, 0.15) is 24.8 Å². The van der Waals surface area contributed by atoms with E-state index >= 15 is 0 Å². The van der Waals surface area contributed by atoms with E-state index in [9.17, 15) is 13.2 Å². The average molecular weight is 579 g/mol. The Labute approximate surface area is 229 Å². The molecule has 39 heavy (non-hydrogen) atoms. The van der Waals surface area contributed by atoms with Gasteiger partial charge in [-0.05, 0) is 24.6 Å². The second-order valence-corrected chi connectivity index (χ2v) is 11.7. The molecule has 0 aliphatic carbocycles. The van der Waals surface area contributed by atoms with Gasteiger partial charge in [0.15, 0.2) is 26.8 Å². The monoisotopic (exact) mass is 578 g/mol. The topological polar surface area (TPSA) is 159 Å². The number of nitrogens with one attached hydrogen (secondary N) is 1. The summed E-state index contributed by atoms with van der Waals surface area (Å²) in [5, 5.41) is 16.1. The van der Waals surface area contributed by atoms with Crippen molar-refractivity contribution in [1.29, 1.82) is 0 Å². The Morgan fingerprint density at radius 2 is 2.00 bits per heavy atom. The van der Waals surface area contributed by atoms with Gasteiger partial charge in [0.1, 0.15) is 10.3 Å². The normalized spacial score (nSPS) is 15.9. The van der Waals surface area contributed by atoms with Gasteiger partial charge in [0.2, 0.25) is 5.88 Å². The summed E-state index contributed by atoms with van der Waals surface area (Å²) in [4.78, 5) is 28.4. The van der Waals surface area contributed by atoms with E-state index < -0.39 is 15.7 Å². The van der Waals surface area contributed by atoms with Gasteiger partial charge >= 0.3 is 0 Å². The molecular weight excluding hydrogens is 548 g/mol. The number of aliphatic hydroxyl groups excluding tert-OH is 1. The molecule has 2 N–H and O–H groups in total. The van der Waals surface area contributed by atoms with Crippen LogP contribution >= 0.6 is 11.3 Å². The Kier molecular flexibility index (Phi) is 10.2. The van der Waals surface area contributed by atoms with E-state index in [4.69, 9.17) is 24.2 Å². The molecule has 14 heteroatoms. The van der Waals surface area contributed by atoms with Crippen LogP contribution in [0.25, 0.3) is 10.3 Å². The van der Waals surface area contributed by atoms with Crippen molar-refractivity contribution in [3.8, 4) is 5.88 Å². The number of benzene rings is 1. The number of nitrogens with zero attached hydrogens (tertiary/aromatic N) is 3. The minimum absolute atomic E-state index is 0.0211. The number of anilines is 1. The van der Waals surface area contributed by atoms with E-state index in [0.29, 0.717) is 72.6 Å². The highest BCUT2D eigenvalue weighted by Gasteiger charge is 2.22. The lowest BCUT2D eigenvalue weighted by Gasteiger charge is -2.10. The molecule has 210 valence electrons. The number of amides is 1. The van der Waals surface area contributed by atoms with Crippen molar-refractivity contribution in [2.75, 3.05) is 51.2 Å². The number of ether oxygens (including phenoxy) is 3. The summed E-state index contributed by atoms with van der Waals surface area (Å²) < 4.78 is 41.0. The number of aromatic nitrogens is 2. The molecular formula is C25H30N4O8S2. The van der Waals surface area contributed by atoms with Crippen LogP contribution in [0.2, 0.25) is 0 Å². The fourth-order valence-corrected chi connectivity index (χ4v) is 5.72. The third-order valence-corrected chi connectivity index (χ3v) is 8.34. The second-order valence-electron chi connectivity index (χ2n) is 8.59. The smallest absolute Gasteiger partial charge is 0.280 e. The summed E-state index contributed by atoms with van der Waals surface area (Å²) >= 11 is 1.16. The van der Waals surface area contributed by atoms with E-state index in [1.54, 1.807) is 12.1 Å². The van der Waals surface area contributed by atoms with Crippen LogP contribution in [0.3, 0.4) is 0 Å². The van der Waals surface area contributed by atoms with Crippen LogP contribution in [0, 0.1) is 0 Å². The number of oxime groups is 1. The van der Waals surface area contributed by atoms with Crippen molar-refractivity contribution in [2.24, 2.45) is 5.16 Å². The standard InChI is InChI=1S/C25H30N4O8S2/c1-34-12-3-15-39(32,33)19-6-4-17(5-7-19)22(29-37-18-10-14-35-16-18)23(31)28-25-26-20-8-9-21(27-24(20)38-25)36-13-2-11-30/h4-9,18,30H,2-3,10-16H2,1H3,(H,26,28,31)/b29-22+/t18-/m1/s1. The SMILES string of the molecule is COCCCS(=O)(=O)c1ccc(/C(=N\O[C@@H]2CCOC2)C(=O)Nc2nc3ccc(OCCCO)nc3s2)cc1. The molecule has 1 amide bonds. The van der Waals surface area contributed by atoms with Crippen molar-refractivity contribution < 1.29 is 37.4 Å². The number of rotatable bonds is 14. The van der Waals surface area contributed by atoms with E-state index in [-0.39, 0.29) is 29.1 Å². The predicted octanol–water partition coefficient (Wildman–Crippen LogP) is 2.41. The van der Waals surface area contributed by atoms with Crippen molar-refractivity contribution >= 4 is 48.3 Å². The van der Waals surface area contributed by atoms with Gasteiger partial charge in [0.25, 0.3) is 5.91 Å². The highest BCUT2D eigenvalue weighted by atomic mass is 32.2. The van der Waals surface area contributed by atoms with Gasteiger partial charge in [-0.1, -0.05) is 28.6 Å². The number of sulfone groups is 1. The number of methoxy groups -OCH3 is 1. The Morgan fingerprint density at radius 1 is 1.18 bits per heavy atom. The van der Waals surface area contributed by atoms with Gasteiger partial charge in [-0.3, -0.25) is 10.1 Å². The quantitative estimate of drug-likeness (QED) is 0.165. The first kappa shape index (κ1) is 28.8. The van der Waals surface area contributed by atoms with Crippen molar-refractivity contribution in [3.05, 3.63) is 42.0 Å². The molecule has 1 aliphatic rings. The first-order chi connectivity index (χ1) is 18.9. The maximum atomic E-state index is 13.3. The number of pyridine rings is 1. The van der Waals surface area contributed by atoms with Crippen molar-refractivity contribution in [3.63, 3.8) is 0 Å². The predicted molar refractivity (Wildman–Crippen MR) is 145 cm³/mol. The molecule has 1 fully saturated rings. The van der Waals surface area contributed by atoms with Gasteiger partial charge in [-0.2, -0.15) is 0 Å². The van der Waals surface area contributed by atoms with Crippen LogP contribution < -0.4 is 10.1 Å². The van der Waals surface area contributed by atoms with Gasteiger partial charge in [-0.25, -0.2) is 18.4 Å². The fraction of sp³-hybridized carbons (Fsp3) is 0.440. The molecule has 1 atom stereocenters. The number of fused-ring (bicyclic) bond motifs is 1. The minimum atomic E-state index is -3.50. The molecule has 3 heterocycles. The summed E-state index contributed by atoms with van der Waals surface area (Å²) in [5.74, 6) is -0.237. The molecule has 12 nitrogen and oxygen atoms in total. The van der Waals surface area contributed by atoms with Crippen molar-refractivity contribution in [1.82, 2.24) is 9.97 Å². The molecule has 1 aliphatic heterocycles. The molecule has 2 aromatic heterocycles. The first-order valence-electron chi connectivity index (χ1n) is 12.4. The molecule has 0 radical (unpaired) electrons. The van der Waals surface area contributed by atoms with Crippen LogP contribution in [0.5, 0.6) is 5.88 Å². The molecule has 0 saturated carbocycles. The zero-order valence-electron chi connectivity index (χ0n) is 21.4. The Hall–Kier alpha value is -3.17. The summed E-state index contributed by atoms with van der Waals surface area (Å²) in [7, 11) is -1.98. The summed E-state index contributed by atoms with van der Waals surface area (Å²) in [6.07, 6.45) is 1.22. The third-order valence-electron chi connectivity index (χ3n) is 5.65. The zero-order chi connectivity index (χ0) is 27.7. The summed E-state index contributed by atoms with van der Waals surface area (Å²) in [5.41, 5.74) is 0.914. The van der Waals surface area contributed by atoms with Crippen LogP contribution in [0.15, 0.2) is 46.4 Å². The van der Waals surface area contributed by atoms with E-state index in [2.05, 4.69) is 20.4 Å². The number of hydrogen-bond donors (Lipinski definition) is 2. The maximum Gasteiger partial charge on any atom is 0.280 e. The lowest BCUT2D eigenvalue weighted by atomic mass is 10.1. The number of carbonyl (C=O) groups excluding carboxylic acids is 1. The highest BCUT2D eigenvalue weighted by Crippen LogP contribution is 2.27. The average Bonchev–Trinajstić information content (AvgIpc) is 3.59. The van der Waals surface area contributed by atoms with Crippen LogP contribution in [-0.4, -0.2) is 87.1 Å².